The van der Waals surface area contributed by atoms with E-state index in [1.54, 1.807) is 7.11 Å². The molecule has 1 unspecified atom stereocenters. The summed E-state index contributed by atoms with van der Waals surface area (Å²) in [5, 5.41) is 0. The zero-order valence-corrected chi connectivity index (χ0v) is 15.3. The fourth-order valence-electron chi connectivity index (χ4n) is 3.16. The largest absolute Gasteiger partial charge is 0.496 e. The lowest BCUT2D eigenvalue weighted by Gasteiger charge is -2.45. The predicted octanol–water partition coefficient (Wildman–Crippen LogP) is 4.00. The van der Waals surface area contributed by atoms with Gasteiger partial charge in [-0.05, 0) is 38.5 Å². The number of aryl methyl sites for hydroxylation is 1. The second-order valence-electron chi connectivity index (χ2n) is 7.14. The van der Waals surface area contributed by atoms with Crippen molar-refractivity contribution in [3.63, 3.8) is 0 Å². The molecular weight excluding hydrogens is 314 g/mol. The van der Waals surface area contributed by atoms with Crippen LogP contribution in [0.1, 0.15) is 41.4 Å². The Morgan fingerprint density at radius 3 is 2.52 bits per heavy atom. The number of morpholine rings is 1. The number of para-hydroxylation sites is 1. The van der Waals surface area contributed by atoms with Crippen molar-refractivity contribution in [2.45, 2.75) is 32.4 Å². The molecule has 2 aromatic rings. The summed E-state index contributed by atoms with van der Waals surface area (Å²) in [7, 11) is 1.59. The van der Waals surface area contributed by atoms with Crippen molar-refractivity contribution in [2.75, 3.05) is 20.3 Å². The molecule has 2 aromatic carbocycles. The van der Waals surface area contributed by atoms with Crippen LogP contribution >= 0.6 is 0 Å². The average molecular weight is 339 g/mol. The number of nitrogens with zero attached hydrogens (tertiary/aromatic N) is 1. The standard InChI is InChI=1S/C21H25NO3/c1-15-9-11-16(12-10-15)19-13-22(21(2,3)14-25-19)20(23)17-7-5-6-8-18(17)24-4/h5-12,19H,13-14H2,1-4H3. The number of amides is 1. The van der Waals surface area contributed by atoms with Gasteiger partial charge < -0.3 is 14.4 Å². The molecule has 0 bridgehead atoms. The lowest BCUT2D eigenvalue weighted by molar-refractivity contribution is -0.0847. The van der Waals surface area contributed by atoms with Crippen LogP contribution in [0.25, 0.3) is 0 Å². The minimum absolute atomic E-state index is 0.0251. The van der Waals surface area contributed by atoms with Crippen molar-refractivity contribution in [3.8, 4) is 5.75 Å². The maximum atomic E-state index is 13.2. The third-order valence-corrected chi connectivity index (χ3v) is 4.75. The van der Waals surface area contributed by atoms with E-state index in [0.717, 1.165) is 5.56 Å². The van der Waals surface area contributed by atoms with Gasteiger partial charge in [0.2, 0.25) is 0 Å². The maximum Gasteiger partial charge on any atom is 0.258 e. The van der Waals surface area contributed by atoms with Gasteiger partial charge in [-0.1, -0.05) is 42.0 Å². The van der Waals surface area contributed by atoms with E-state index in [-0.39, 0.29) is 17.6 Å². The zero-order chi connectivity index (χ0) is 18.0. The number of rotatable bonds is 3. The Labute approximate surface area is 149 Å². The fraction of sp³-hybridized carbons (Fsp3) is 0.381. The highest BCUT2D eigenvalue weighted by Gasteiger charge is 2.39. The third-order valence-electron chi connectivity index (χ3n) is 4.75. The van der Waals surface area contributed by atoms with E-state index in [2.05, 4.69) is 31.2 Å². The lowest BCUT2D eigenvalue weighted by atomic mass is 9.96. The van der Waals surface area contributed by atoms with Crippen LogP contribution in [0.5, 0.6) is 5.75 Å². The fourth-order valence-corrected chi connectivity index (χ4v) is 3.16. The Balaban J connectivity index is 1.89. The van der Waals surface area contributed by atoms with Gasteiger partial charge in [-0.3, -0.25) is 4.79 Å². The van der Waals surface area contributed by atoms with Gasteiger partial charge in [0.25, 0.3) is 5.91 Å². The van der Waals surface area contributed by atoms with E-state index in [1.165, 1.54) is 5.56 Å². The molecule has 1 aliphatic heterocycles. The molecule has 1 saturated heterocycles. The highest BCUT2D eigenvalue weighted by molar-refractivity contribution is 5.97. The van der Waals surface area contributed by atoms with Crippen LogP contribution in [-0.2, 0) is 4.74 Å². The molecule has 0 aromatic heterocycles. The second-order valence-corrected chi connectivity index (χ2v) is 7.14. The Kier molecular flexibility index (Phi) is 4.82. The minimum atomic E-state index is -0.376. The zero-order valence-electron chi connectivity index (χ0n) is 15.3. The Morgan fingerprint density at radius 1 is 1.16 bits per heavy atom. The van der Waals surface area contributed by atoms with Gasteiger partial charge in [-0.15, -0.1) is 0 Å². The first-order valence-electron chi connectivity index (χ1n) is 8.55. The lowest BCUT2D eigenvalue weighted by Crippen LogP contribution is -2.56. The minimum Gasteiger partial charge on any atom is -0.496 e. The number of ether oxygens (including phenoxy) is 2. The summed E-state index contributed by atoms with van der Waals surface area (Å²) in [6.07, 6.45) is -0.118. The molecule has 1 heterocycles. The quantitative estimate of drug-likeness (QED) is 0.848. The normalized spacial score (nSPS) is 19.5. The van der Waals surface area contributed by atoms with Crippen LogP contribution in [0.4, 0.5) is 0 Å². The van der Waals surface area contributed by atoms with Gasteiger partial charge in [0.15, 0.2) is 0 Å². The molecule has 1 aliphatic rings. The van der Waals surface area contributed by atoms with Crippen LogP contribution in [0.2, 0.25) is 0 Å². The monoisotopic (exact) mass is 339 g/mol. The maximum absolute atomic E-state index is 13.2. The van der Waals surface area contributed by atoms with Gasteiger partial charge in [0, 0.05) is 0 Å². The first-order valence-corrected chi connectivity index (χ1v) is 8.55. The Morgan fingerprint density at radius 2 is 1.84 bits per heavy atom. The number of hydrogen-bond acceptors (Lipinski definition) is 3. The highest BCUT2D eigenvalue weighted by Crippen LogP contribution is 2.33. The summed E-state index contributed by atoms with van der Waals surface area (Å²) in [6, 6.07) is 15.7. The number of benzene rings is 2. The molecule has 0 saturated carbocycles. The molecule has 132 valence electrons. The van der Waals surface area contributed by atoms with Crippen LogP contribution in [-0.4, -0.2) is 36.6 Å². The molecule has 0 aliphatic carbocycles. The van der Waals surface area contributed by atoms with E-state index in [4.69, 9.17) is 9.47 Å². The van der Waals surface area contributed by atoms with Gasteiger partial charge in [0.05, 0.1) is 31.4 Å². The molecule has 3 rings (SSSR count). The highest BCUT2D eigenvalue weighted by atomic mass is 16.5. The summed E-state index contributed by atoms with van der Waals surface area (Å²) in [5.41, 5.74) is 2.52. The van der Waals surface area contributed by atoms with Crippen molar-refractivity contribution in [1.29, 1.82) is 0 Å². The van der Waals surface area contributed by atoms with Crippen molar-refractivity contribution < 1.29 is 14.3 Å². The van der Waals surface area contributed by atoms with Crippen LogP contribution in [0, 0.1) is 6.92 Å². The SMILES string of the molecule is COc1ccccc1C(=O)N1CC(c2ccc(C)cc2)OCC1(C)C. The van der Waals surface area contributed by atoms with Crippen molar-refractivity contribution in [2.24, 2.45) is 0 Å². The van der Waals surface area contributed by atoms with Crippen molar-refractivity contribution in [3.05, 3.63) is 65.2 Å². The number of hydrogen-bond donors (Lipinski definition) is 0. The van der Waals surface area contributed by atoms with E-state index >= 15 is 0 Å². The molecular formula is C21H25NO3. The number of carbonyl (C=O) groups excluding carboxylic acids is 1. The van der Waals surface area contributed by atoms with Crippen molar-refractivity contribution in [1.82, 2.24) is 4.90 Å². The summed E-state index contributed by atoms with van der Waals surface area (Å²) in [6.45, 7) is 7.14. The van der Waals surface area contributed by atoms with E-state index in [9.17, 15) is 4.79 Å². The van der Waals surface area contributed by atoms with Crippen LogP contribution < -0.4 is 4.74 Å². The van der Waals surface area contributed by atoms with Gasteiger partial charge in [-0.2, -0.15) is 0 Å². The third kappa shape index (κ3) is 3.54. The van der Waals surface area contributed by atoms with Crippen molar-refractivity contribution >= 4 is 5.91 Å². The van der Waals surface area contributed by atoms with E-state index in [0.29, 0.717) is 24.5 Å². The first kappa shape index (κ1) is 17.5. The second kappa shape index (κ2) is 6.89. The van der Waals surface area contributed by atoms with Gasteiger partial charge in [0.1, 0.15) is 11.9 Å². The number of methoxy groups -OCH3 is 1. The molecule has 4 nitrogen and oxygen atoms in total. The molecule has 1 atom stereocenters. The smallest absolute Gasteiger partial charge is 0.258 e. The Bertz CT molecular complexity index is 752. The van der Waals surface area contributed by atoms with Crippen LogP contribution in [0.15, 0.2) is 48.5 Å². The molecule has 1 amide bonds. The van der Waals surface area contributed by atoms with Gasteiger partial charge >= 0.3 is 0 Å². The van der Waals surface area contributed by atoms with E-state index in [1.807, 2.05) is 43.0 Å². The molecule has 4 heteroatoms. The summed E-state index contributed by atoms with van der Waals surface area (Å²) >= 11 is 0. The molecule has 0 N–H and O–H groups in total. The summed E-state index contributed by atoms with van der Waals surface area (Å²) < 4.78 is 11.4. The average Bonchev–Trinajstić information content (AvgIpc) is 2.62. The molecule has 25 heavy (non-hydrogen) atoms. The Hall–Kier alpha value is -2.33. The molecule has 0 radical (unpaired) electrons. The number of carbonyl (C=O) groups is 1. The summed E-state index contributed by atoms with van der Waals surface area (Å²) in [5.74, 6) is 0.574. The predicted molar refractivity (Wildman–Crippen MR) is 98.0 cm³/mol. The molecule has 0 spiro atoms. The van der Waals surface area contributed by atoms with Crippen LogP contribution in [0.3, 0.4) is 0 Å². The first-order chi connectivity index (χ1) is 11.9. The topological polar surface area (TPSA) is 38.8 Å². The molecule has 1 fully saturated rings. The van der Waals surface area contributed by atoms with E-state index < -0.39 is 0 Å². The summed E-state index contributed by atoms with van der Waals surface area (Å²) in [4.78, 5) is 15.1. The van der Waals surface area contributed by atoms with Gasteiger partial charge in [-0.25, -0.2) is 0 Å².